The van der Waals surface area contributed by atoms with Crippen molar-refractivity contribution < 1.29 is 14.3 Å². The van der Waals surface area contributed by atoms with Crippen LogP contribution in [0.3, 0.4) is 0 Å². The summed E-state index contributed by atoms with van der Waals surface area (Å²) in [5.74, 6) is -0.612. The second-order valence-corrected chi connectivity index (χ2v) is 5.21. The summed E-state index contributed by atoms with van der Waals surface area (Å²) in [5.41, 5.74) is 1.15. The lowest BCUT2D eigenvalue weighted by atomic mass is 9.98. The molecule has 1 unspecified atom stereocenters. The Kier molecular flexibility index (Phi) is 3.60. The molecule has 1 aliphatic heterocycles. The number of hydrogen-bond donors (Lipinski definition) is 0. The molecular formula is C15H17N3O3. The lowest BCUT2D eigenvalue weighted by Crippen LogP contribution is -2.42. The van der Waals surface area contributed by atoms with Crippen LogP contribution in [0.5, 0.6) is 0 Å². The second kappa shape index (κ2) is 5.55. The number of hydrogen-bond acceptors (Lipinski definition) is 4. The third-order valence-corrected chi connectivity index (χ3v) is 3.83. The maximum absolute atomic E-state index is 12.5. The molecule has 6 nitrogen and oxygen atoms in total. The van der Waals surface area contributed by atoms with E-state index < -0.39 is 0 Å². The molecule has 0 radical (unpaired) electrons. The molecule has 3 rings (SSSR count). The molecule has 2 aromatic rings. The third-order valence-electron chi connectivity index (χ3n) is 3.83. The fourth-order valence-electron chi connectivity index (χ4n) is 2.72. The summed E-state index contributed by atoms with van der Waals surface area (Å²) in [4.78, 5) is 30.2. The van der Waals surface area contributed by atoms with E-state index in [9.17, 15) is 9.59 Å². The van der Waals surface area contributed by atoms with Crippen molar-refractivity contribution in [2.24, 2.45) is 5.92 Å². The van der Waals surface area contributed by atoms with Crippen molar-refractivity contribution in [3.8, 4) is 0 Å². The van der Waals surface area contributed by atoms with Gasteiger partial charge >= 0.3 is 5.97 Å². The van der Waals surface area contributed by atoms with E-state index in [2.05, 4.69) is 4.98 Å². The maximum atomic E-state index is 12.5. The van der Waals surface area contributed by atoms with E-state index in [-0.39, 0.29) is 17.8 Å². The van der Waals surface area contributed by atoms with Crippen LogP contribution in [0.25, 0.3) is 5.65 Å². The van der Waals surface area contributed by atoms with E-state index in [0.717, 1.165) is 18.5 Å². The number of ether oxygens (including phenoxy) is 1. The van der Waals surface area contributed by atoms with Gasteiger partial charge in [0.05, 0.1) is 13.0 Å². The highest BCUT2D eigenvalue weighted by molar-refractivity contribution is 5.93. The number of piperidine rings is 1. The van der Waals surface area contributed by atoms with Gasteiger partial charge in [0.25, 0.3) is 5.91 Å². The molecule has 1 amide bonds. The number of methoxy groups -OCH3 is 1. The number of imidazole rings is 1. The summed E-state index contributed by atoms with van der Waals surface area (Å²) in [6.07, 6.45) is 5.15. The Morgan fingerprint density at radius 2 is 2.24 bits per heavy atom. The van der Waals surface area contributed by atoms with Crippen molar-refractivity contribution in [2.45, 2.75) is 12.8 Å². The number of fused-ring (bicyclic) bond motifs is 1. The normalized spacial score (nSPS) is 18.7. The first kappa shape index (κ1) is 13.6. The quantitative estimate of drug-likeness (QED) is 0.782. The number of carbonyl (C=O) groups is 2. The second-order valence-electron chi connectivity index (χ2n) is 5.21. The van der Waals surface area contributed by atoms with Gasteiger partial charge in [-0.15, -0.1) is 0 Å². The van der Waals surface area contributed by atoms with Gasteiger partial charge < -0.3 is 14.0 Å². The van der Waals surface area contributed by atoms with Crippen LogP contribution in [0.2, 0.25) is 0 Å². The molecule has 2 aromatic heterocycles. The van der Waals surface area contributed by atoms with Crippen LogP contribution in [0, 0.1) is 5.92 Å². The summed E-state index contributed by atoms with van der Waals surface area (Å²) in [7, 11) is 1.38. The summed E-state index contributed by atoms with van der Waals surface area (Å²) in [5, 5.41) is 0. The highest BCUT2D eigenvalue weighted by Gasteiger charge is 2.30. The van der Waals surface area contributed by atoms with Crippen LogP contribution in [-0.4, -0.2) is 46.4 Å². The highest BCUT2D eigenvalue weighted by atomic mass is 16.5. The van der Waals surface area contributed by atoms with Gasteiger partial charge in [-0.25, -0.2) is 4.98 Å². The van der Waals surface area contributed by atoms with Crippen LogP contribution < -0.4 is 0 Å². The van der Waals surface area contributed by atoms with Crippen LogP contribution >= 0.6 is 0 Å². The molecule has 0 spiro atoms. The van der Waals surface area contributed by atoms with Crippen molar-refractivity contribution in [2.75, 3.05) is 20.2 Å². The van der Waals surface area contributed by atoms with E-state index in [1.54, 1.807) is 11.1 Å². The van der Waals surface area contributed by atoms with Crippen molar-refractivity contribution in [3.63, 3.8) is 0 Å². The van der Waals surface area contributed by atoms with E-state index in [0.29, 0.717) is 18.8 Å². The van der Waals surface area contributed by atoms with Crippen LogP contribution in [0.4, 0.5) is 0 Å². The summed E-state index contributed by atoms with van der Waals surface area (Å²) >= 11 is 0. The van der Waals surface area contributed by atoms with Gasteiger partial charge in [-0.1, -0.05) is 6.07 Å². The van der Waals surface area contributed by atoms with Gasteiger partial charge in [-0.3, -0.25) is 9.59 Å². The molecule has 0 saturated carbocycles. The Labute approximate surface area is 122 Å². The van der Waals surface area contributed by atoms with Crippen LogP contribution in [-0.2, 0) is 9.53 Å². The molecule has 1 aliphatic rings. The largest absolute Gasteiger partial charge is 0.469 e. The molecule has 0 N–H and O–H groups in total. The molecule has 21 heavy (non-hydrogen) atoms. The minimum Gasteiger partial charge on any atom is -0.469 e. The minimum absolute atomic E-state index is 0.132. The topological polar surface area (TPSA) is 63.9 Å². The standard InChI is InChI=1S/C15H17N3O3/c1-21-15(20)11-5-4-8-18(9-11)14(19)12-10-17-7-3-2-6-13(17)16-12/h2-3,6-7,10-11H,4-5,8-9H2,1H3. The van der Waals surface area contributed by atoms with Crippen molar-refractivity contribution in [1.29, 1.82) is 0 Å². The molecule has 3 heterocycles. The molecular weight excluding hydrogens is 270 g/mol. The predicted octanol–water partition coefficient (Wildman–Crippen LogP) is 1.36. The fraction of sp³-hybridized carbons (Fsp3) is 0.400. The van der Waals surface area contributed by atoms with E-state index in [4.69, 9.17) is 4.74 Å². The first-order valence-electron chi connectivity index (χ1n) is 7.00. The zero-order valence-corrected chi connectivity index (χ0v) is 11.9. The van der Waals surface area contributed by atoms with Gasteiger partial charge in [0.1, 0.15) is 11.3 Å². The first-order valence-corrected chi connectivity index (χ1v) is 7.00. The Hall–Kier alpha value is -2.37. The van der Waals surface area contributed by atoms with Crippen molar-refractivity contribution in [1.82, 2.24) is 14.3 Å². The Bertz CT molecular complexity index is 647. The van der Waals surface area contributed by atoms with Crippen LogP contribution in [0.1, 0.15) is 23.3 Å². The smallest absolute Gasteiger partial charge is 0.310 e. The Morgan fingerprint density at radius 1 is 1.38 bits per heavy atom. The number of carbonyl (C=O) groups excluding carboxylic acids is 2. The molecule has 1 saturated heterocycles. The number of likely N-dealkylation sites (tertiary alicyclic amines) is 1. The summed E-state index contributed by atoms with van der Waals surface area (Å²) < 4.78 is 6.59. The fourth-order valence-corrected chi connectivity index (χ4v) is 2.72. The number of esters is 1. The molecule has 1 atom stereocenters. The zero-order valence-electron chi connectivity index (χ0n) is 11.9. The van der Waals surface area contributed by atoms with Crippen molar-refractivity contribution in [3.05, 3.63) is 36.3 Å². The van der Waals surface area contributed by atoms with E-state index in [1.165, 1.54) is 7.11 Å². The number of pyridine rings is 1. The Balaban J connectivity index is 1.79. The molecule has 110 valence electrons. The predicted molar refractivity (Wildman–Crippen MR) is 75.8 cm³/mol. The van der Waals surface area contributed by atoms with Gasteiger partial charge in [0.2, 0.25) is 0 Å². The lowest BCUT2D eigenvalue weighted by molar-refractivity contribution is -0.146. The highest BCUT2D eigenvalue weighted by Crippen LogP contribution is 2.19. The van der Waals surface area contributed by atoms with Gasteiger partial charge in [-0.05, 0) is 25.0 Å². The molecule has 0 aromatic carbocycles. The van der Waals surface area contributed by atoms with Crippen molar-refractivity contribution >= 4 is 17.5 Å². The number of nitrogens with zero attached hydrogens (tertiary/aromatic N) is 3. The van der Waals surface area contributed by atoms with E-state index in [1.807, 2.05) is 28.8 Å². The summed E-state index contributed by atoms with van der Waals surface area (Å²) in [6.45, 7) is 1.06. The SMILES string of the molecule is COC(=O)C1CCCN(C(=O)c2cn3ccccc3n2)C1. The van der Waals surface area contributed by atoms with E-state index >= 15 is 0 Å². The monoisotopic (exact) mass is 287 g/mol. The molecule has 0 bridgehead atoms. The zero-order chi connectivity index (χ0) is 14.8. The molecule has 6 heteroatoms. The molecule has 1 fully saturated rings. The maximum Gasteiger partial charge on any atom is 0.310 e. The number of aromatic nitrogens is 2. The third kappa shape index (κ3) is 2.61. The number of rotatable bonds is 2. The summed E-state index contributed by atoms with van der Waals surface area (Å²) in [6, 6.07) is 5.62. The van der Waals surface area contributed by atoms with Gasteiger partial charge in [0.15, 0.2) is 0 Å². The lowest BCUT2D eigenvalue weighted by Gasteiger charge is -2.30. The molecule has 0 aliphatic carbocycles. The minimum atomic E-state index is -0.248. The van der Waals surface area contributed by atoms with Gasteiger partial charge in [0, 0.05) is 25.5 Å². The number of amides is 1. The average molecular weight is 287 g/mol. The van der Waals surface area contributed by atoms with Gasteiger partial charge in [-0.2, -0.15) is 0 Å². The first-order chi connectivity index (χ1) is 10.2. The average Bonchev–Trinajstić information content (AvgIpc) is 2.97. The Morgan fingerprint density at radius 3 is 3.00 bits per heavy atom. The van der Waals surface area contributed by atoms with Crippen LogP contribution in [0.15, 0.2) is 30.6 Å².